The van der Waals surface area contributed by atoms with Crippen LogP contribution in [0.5, 0.6) is 0 Å². The number of rotatable bonds is 6. The van der Waals surface area contributed by atoms with Gasteiger partial charge in [-0.05, 0) is 19.1 Å². The Morgan fingerprint density at radius 3 is 2.48 bits per heavy atom. The van der Waals surface area contributed by atoms with Crippen molar-refractivity contribution in [2.24, 2.45) is 0 Å². The maximum absolute atomic E-state index is 12.2. The van der Waals surface area contributed by atoms with Crippen LogP contribution in [0.15, 0.2) is 29.2 Å². The Kier molecular flexibility index (Phi) is 4.63. The Balaban J connectivity index is 2.01. The SMILES string of the molecule is C=CCN1C(=O)C(=O)N(CC(=O)N(C)Cc2ccc(C)o2)C1=O. The van der Waals surface area contributed by atoms with Crippen LogP contribution in [0.25, 0.3) is 0 Å². The number of urea groups is 1. The molecule has 0 aromatic carbocycles. The Bertz CT molecular complexity index is 678. The Morgan fingerprint density at radius 1 is 1.26 bits per heavy atom. The molecular formula is C15H17N3O5. The quantitative estimate of drug-likeness (QED) is 0.433. The standard InChI is InChI=1S/C15H17N3O5/c1-4-7-17-13(20)14(21)18(15(17)22)9-12(19)16(3)8-11-6-5-10(2)23-11/h4-6H,1,7-9H2,2-3H3. The van der Waals surface area contributed by atoms with E-state index in [0.717, 1.165) is 10.7 Å². The van der Waals surface area contributed by atoms with Crippen LogP contribution in [0.1, 0.15) is 11.5 Å². The highest BCUT2D eigenvalue weighted by atomic mass is 16.3. The smallest absolute Gasteiger partial charge is 0.335 e. The van der Waals surface area contributed by atoms with Crippen molar-refractivity contribution in [1.29, 1.82) is 0 Å². The molecule has 0 atom stereocenters. The molecule has 2 heterocycles. The van der Waals surface area contributed by atoms with Crippen molar-refractivity contribution in [3.05, 3.63) is 36.3 Å². The van der Waals surface area contributed by atoms with Crippen LogP contribution in [-0.2, 0) is 20.9 Å². The van der Waals surface area contributed by atoms with E-state index in [4.69, 9.17) is 4.42 Å². The van der Waals surface area contributed by atoms with E-state index in [0.29, 0.717) is 10.7 Å². The maximum atomic E-state index is 12.2. The number of aryl methyl sites for hydroxylation is 1. The predicted molar refractivity (Wildman–Crippen MR) is 78.9 cm³/mol. The number of carbonyl (C=O) groups excluding carboxylic acids is 4. The summed E-state index contributed by atoms with van der Waals surface area (Å²) >= 11 is 0. The Labute approximate surface area is 132 Å². The summed E-state index contributed by atoms with van der Waals surface area (Å²) < 4.78 is 5.37. The summed E-state index contributed by atoms with van der Waals surface area (Å²) in [6.07, 6.45) is 1.33. The number of furan rings is 1. The Morgan fingerprint density at radius 2 is 1.91 bits per heavy atom. The normalized spacial score (nSPS) is 14.6. The van der Waals surface area contributed by atoms with Crippen molar-refractivity contribution in [3.8, 4) is 0 Å². The van der Waals surface area contributed by atoms with Crippen molar-refractivity contribution >= 4 is 23.8 Å². The molecule has 1 aromatic rings. The van der Waals surface area contributed by atoms with E-state index in [-0.39, 0.29) is 13.1 Å². The minimum absolute atomic E-state index is 0.0738. The molecule has 122 valence electrons. The number of hydrogen-bond donors (Lipinski definition) is 0. The van der Waals surface area contributed by atoms with E-state index in [9.17, 15) is 19.2 Å². The second kappa shape index (κ2) is 6.47. The topological polar surface area (TPSA) is 91.1 Å². The van der Waals surface area contributed by atoms with Crippen molar-refractivity contribution in [2.75, 3.05) is 20.1 Å². The molecule has 5 amide bonds. The third kappa shape index (κ3) is 3.31. The van der Waals surface area contributed by atoms with E-state index in [2.05, 4.69) is 6.58 Å². The largest absolute Gasteiger partial charge is 0.464 e. The van der Waals surface area contributed by atoms with Gasteiger partial charge in [-0.25, -0.2) is 9.69 Å². The first-order valence-corrected chi connectivity index (χ1v) is 6.92. The van der Waals surface area contributed by atoms with Gasteiger partial charge in [-0.2, -0.15) is 0 Å². The van der Waals surface area contributed by atoms with Crippen LogP contribution in [0, 0.1) is 6.92 Å². The van der Waals surface area contributed by atoms with Gasteiger partial charge >= 0.3 is 17.8 Å². The molecule has 0 saturated carbocycles. The molecule has 1 fully saturated rings. The summed E-state index contributed by atoms with van der Waals surface area (Å²) in [5.74, 6) is -1.13. The predicted octanol–water partition coefficient (Wildman–Crippen LogP) is 0.523. The van der Waals surface area contributed by atoms with Gasteiger partial charge in [0, 0.05) is 13.6 Å². The zero-order chi connectivity index (χ0) is 17.1. The number of carbonyl (C=O) groups is 4. The van der Waals surface area contributed by atoms with Crippen LogP contribution < -0.4 is 0 Å². The molecule has 2 rings (SSSR count). The van der Waals surface area contributed by atoms with Crippen molar-refractivity contribution in [3.63, 3.8) is 0 Å². The fourth-order valence-corrected chi connectivity index (χ4v) is 2.13. The van der Waals surface area contributed by atoms with Crippen LogP contribution in [0.4, 0.5) is 4.79 Å². The van der Waals surface area contributed by atoms with Gasteiger partial charge in [0.25, 0.3) is 0 Å². The van der Waals surface area contributed by atoms with Crippen LogP contribution in [-0.4, -0.2) is 58.6 Å². The lowest BCUT2D eigenvalue weighted by Crippen LogP contribution is -2.42. The fraction of sp³-hybridized carbons (Fsp3) is 0.333. The molecule has 8 heteroatoms. The number of amides is 5. The lowest BCUT2D eigenvalue weighted by Gasteiger charge is -2.19. The molecule has 1 aliphatic heterocycles. The summed E-state index contributed by atoms with van der Waals surface area (Å²) in [6, 6.07) is 2.70. The molecule has 8 nitrogen and oxygen atoms in total. The first-order valence-electron chi connectivity index (χ1n) is 6.92. The molecule has 23 heavy (non-hydrogen) atoms. The van der Waals surface area contributed by atoms with Gasteiger partial charge in [-0.3, -0.25) is 19.3 Å². The molecule has 0 unspecified atom stereocenters. The van der Waals surface area contributed by atoms with E-state index >= 15 is 0 Å². The van der Waals surface area contributed by atoms with E-state index in [1.165, 1.54) is 18.0 Å². The highest BCUT2D eigenvalue weighted by Gasteiger charge is 2.44. The van der Waals surface area contributed by atoms with Crippen LogP contribution in [0.2, 0.25) is 0 Å². The zero-order valence-corrected chi connectivity index (χ0v) is 12.9. The minimum atomic E-state index is -1.01. The second-order valence-electron chi connectivity index (χ2n) is 5.14. The molecule has 1 aliphatic rings. The van der Waals surface area contributed by atoms with Gasteiger partial charge in [0.05, 0.1) is 6.54 Å². The van der Waals surface area contributed by atoms with Gasteiger partial charge in [-0.1, -0.05) is 6.08 Å². The van der Waals surface area contributed by atoms with E-state index in [1.807, 2.05) is 0 Å². The molecule has 0 aliphatic carbocycles. The number of hydrogen-bond acceptors (Lipinski definition) is 5. The highest BCUT2D eigenvalue weighted by Crippen LogP contribution is 2.13. The summed E-state index contributed by atoms with van der Waals surface area (Å²) in [5.41, 5.74) is 0. The summed E-state index contributed by atoms with van der Waals surface area (Å²) in [4.78, 5) is 50.4. The van der Waals surface area contributed by atoms with E-state index < -0.39 is 30.3 Å². The molecule has 0 bridgehead atoms. The first kappa shape index (κ1) is 16.5. The first-order chi connectivity index (χ1) is 10.8. The molecular weight excluding hydrogens is 302 g/mol. The number of likely N-dealkylation sites (N-methyl/N-ethyl adjacent to an activating group) is 1. The third-order valence-electron chi connectivity index (χ3n) is 3.35. The molecule has 1 saturated heterocycles. The second-order valence-corrected chi connectivity index (χ2v) is 5.14. The van der Waals surface area contributed by atoms with Gasteiger partial charge in [-0.15, -0.1) is 6.58 Å². The van der Waals surface area contributed by atoms with Gasteiger partial charge in [0.15, 0.2) is 0 Å². The Hall–Kier alpha value is -2.90. The van der Waals surface area contributed by atoms with Gasteiger partial charge in [0.2, 0.25) is 5.91 Å². The summed E-state index contributed by atoms with van der Waals surface area (Å²) in [5, 5.41) is 0. The van der Waals surface area contributed by atoms with E-state index in [1.54, 1.807) is 19.1 Å². The molecule has 0 radical (unpaired) electrons. The third-order valence-corrected chi connectivity index (χ3v) is 3.35. The van der Waals surface area contributed by atoms with Crippen molar-refractivity contribution < 1.29 is 23.6 Å². The number of imide groups is 2. The molecule has 1 aromatic heterocycles. The van der Waals surface area contributed by atoms with Crippen molar-refractivity contribution in [1.82, 2.24) is 14.7 Å². The molecule has 0 spiro atoms. The highest BCUT2D eigenvalue weighted by molar-refractivity contribution is 6.45. The monoisotopic (exact) mass is 319 g/mol. The van der Waals surface area contributed by atoms with Crippen molar-refractivity contribution in [2.45, 2.75) is 13.5 Å². The zero-order valence-electron chi connectivity index (χ0n) is 12.9. The average Bonchev–Trinajstić information content (AvgIpc) is 2.99. The van der Waals surface area contributed by atoms with Crippen LogP contribution >= 0.6 is 0 Å². The van der Waals surface area contributed by atoms with Gasteiger partial charge < -0.3 is 9.32 Å². The average molecular weight is 319 g/mol. The maximum Gasteiger partial charge on any atom is 0.335 e. The minimum Gasteiger partial charge on any atom is -0.464 e. The number of nitrogens with zero attached hydrogens (tertiary/aromatic N) is 3. The lowest BCUT2D eigenvalue weighted by atomic mass is 10.4. The lowest BCUT2D eigenvalue weighted by molar-refractivity contribution is -0.144. The fourth-order valence-electron chi connectivity index (χ4n) is 2.13. The summed E-state index contributed by atoms with van der Waals surface area (Å²) in [7, 11) is 1.52. The van der Waals surface area contributed by atoms with Crippen LogP contribution in [0.3, 0.4) is 0 Å². The summed E-state index contributed by atoms with van der Waals surface area (Å²) in [6.45, 7) is 4.84. The molecule has 0 N–H and O–H groups in total. The van der Waals surface area contributed by atoms with Gasteiger partial charge in [0.1, 0.15) is 18.1 Å².